The molecule has 0 bridgehead atoms. The van der Waals surface area contributed by atoms with Gasteiger partial charge in [-0.3, -0.25) is 0 Å². The first-order chi connectivity index (χ1) is 10.9. The zero-order valence-electron chi connectivity index (χ0n) is 14.9. The Morgan fingerprint density at radius 2 is 1.21 bits per heavy atom. The van der Waals surface area contributed by atoms with E-state index in [4.69, 9.17) is 18.9 Å². The molecule has 0 aromatic heterocycles. The van der Waals surface area contributed by atoms with Crippen LogP contribution < -0.4 is 0 Å². The van der Waals surface area contributed by atoms with E-state index in [1.165, 1.54) is 6.08 Å². The maximum absolute atomic E-state index is 11.8. The highest BCUT2D eigenvalue weighted by Crippen LogP contribution is 2.16. The molecule has 0 aliphatic rings. The minimum Gasteiger partial charge on any atom is -0.428 e. The number of hydrogen-bond donors (Lipinski definition) is 0. The van der Waals surface area contributed by atoms with E-state index in [-0.39, 0.29) is 5.95 Å². The molecule has 0 N–H and O–H groups in total. The molecule has 0 aliphatic heterocycles. The fourth-order valence-electron chi connectivity index (χ4n) is 1.47. The summed E-state index contributed by atoms with van der Waals surface area (Å²) >= 11 is 0. The van der Waals surface area contributed by atoms with E-state index >= 15 is 0 Å². The van der Waals surface area contributed by atoms with Gasteiger partial charge in [-0.15, -0.1) is 0 Å². The van der Waals surface area contributed by atoms with Crippen LogP contribution in [0.3, 0.4) is 0 Å². The maximum Gasteiger partial charge on any atom is 0.516 e. The summed E-state index contributed by atoms with van der Waals surface area (Å²) in [6, 6.07) is 8.95. The number of hydrogen-bond acceptors (Lipinski definition) is 6. The Morgan fingerprint density at radius 1 is 0.792 bits per heavy atom. The Hall–Kier alpha value is -2.50. The number of carbonyl (C=O) groups excluding carboxylic acids is 2. The molecule has 0 radical (unpaired) electrons. The van der Waals surface area contributed by atoms with Gasteiger partial charge in [0, 0.05) is 6.08 Å². The first-order valence-electron chi connectivity index (χ1n) is 7.53. The van der Waals surface area contributed by atoms with E-state index in [9.17, 15) is 9.59 Å². The van der Waals surface area contributed by atoms with Gasteiger partial charge < -0.3 is 18.9 Å². The van der Waals surface area contributed by atoms with E-state index in [1.807, 2.05) is 6.07 Å². The standard InChI is InChI=1S/C18H24O6/c1-17(2,3)23-15(19)21-14(12-13-10-8-7-9-11-13)22-16(20)24-18(4,5)6/h7-12H,1-6H3. The first-order valence-corrected chi connectivity index (χ1v) is 7.53. The molecule has 132 valence electrons. The summed E-state index contributed by atoms with van der Waals surface area (Å²) in [5, 5.41) is 0. The van der Waals surface area contributed by atoms with E-state index in [2.05, 4.69) is 0 Å². The zero-order valence-corrected chi connectivity index (χ0v) is 14.9. The minimum absolute atomic E-state index is 0.329. The molecule has 1 aromatic rings. The maximum atomic E-state index is 11.8. The molecule has 6 nitrogen and oxygen atoms in total. The fourth-order valence-corrected chi connectivity index (χ4v) is 1.47. The molecule has 0 spiro atoms. The zero-order chi connectivity index (χ0) is 18.4. The van der Waals surface area contributed by atoms with Crippen molar-refractivity contribution in [1.82, 2.24) is 0 Å². The molecule has 0 unspecified atom stereocenters. The predicted molar refractivity (Wildman–Crippen MR) is 89.1 cm³/mol. The molecule has 0 saturated heterocycles. The van der Waals surface area contributed by atoms with E-state index in [0.29, 0.717) is 5.56 Å². The van der Waals surface area contributed by atoms with Crippen molar-refractivity contribution in [3.8, 4) is 0 Å². The molecule has 0 fully saturated rings. The van der Waals surface area contributed by atoms with Gasteiger partial charge in [0.15, 0.2) is 0 Å². The predicted octanol–water partition coefficient (Wildman–Crippen LogP) is 4.89. The Morgan fingerprint density at radius 3 is 1.58 bits per heavy atom. The lowest BCUT2D eigenvalue weighted by atomic mass is 10.2. The van der Waals surface area contributed by atoms with Crippen molar-refractivity contribution in [1.29, 1.82) is 0 Å². The van der Waals surface area contributed by atoms with Gasteiger partial charge in [0.1, 0.15) is 11.2 Å². The average Bonchev–Trinajstić information content (AvgIpc) is 2.34. The lowest BCUT2D eigenvalue weighted by Crippen LogP contribution is -2.27. The van der Waals surface area contributed by atoms with Gasteiger partial charge in [0.25, 0.3) is 0 Å². The van der Waals surface area contributed by atoms with Gasteiger partial charge in [-0.05, 0) is 47.1 Å². The molecule has 24 heavy (non-hydrogen) atoms. The van der Waals surface area contributed by atoms with Gasteiger partial charge in [-0.1, -0.05) is 30.3 Å². The van der Waals surface area contributed by atoms with Crippen molar-refractivity contribution >= 4 is 18.4 Å². The monoisotopic (exact) mass is 336 g/mol. The van der Waals surface area contributed by atoms with Crippen LogP contribution in [0, 0.1) is 0 Å². The molecular weight excluding hydrogens is 312 g/mol. The summed E-state index contributed by atoms with van der Waals surface area (Å²) in [6.45, 7) is 10.2. The van der Waals surface area contributed by atoms with Crippen molar-refractivity contribution in [3.63, 3.8) is 0 Å². The quantitative estimate of drug-likeness (QED) is 0.578. The molecule has 0 amide bonds. The van der Waals surface area contributed by atoms with Crippen LogP contribution in [-0.2, 0) is 18.9 Å². The second-order valence-electron chi connectivity index (χ2n) is 7.01. The van der Waals surface area contributed by atoms with Crippen LogP contribution in [-0.4, -0.2) is 23.5 Å². The summed E-state index contributed by atoms with van der Waals surface area (Å²) in [7, 11) is 0. The normalized spacial score (nSPS) is 11.2. The molecule has 0 heterocycles. The second-order valence-corrected chi connectivity index (χ2v) is 7.01. The number of carbonyl (C=O) groups is 2. The highest BCUT2D eigenvalue weighted by atomic mass is 16.8. The molecule has 0 atom stereocenters. The van der Waals surface area contributed by atoms with Gasteiger partial charge in [-0.2, -0.15) is 0 Å². The third kappa shape index (κ3) is 8.82. The van der Waals surface area contributed by atoms with Gasteiger partial charge in [0.05, 0.1) is 0 Å². The molecule has 0 saturated carbocycles. The Kier molecular flexibility index (Phi) is 6.40. The SMILES string of the molecule is CC(C)(C)OC(=O)OC(=Cc1ccccc1)OC(=O)OC(C)(C)C. The summed E-state index contributed by atoms with van der Waals surface area (Å²) in [5.74, 6) is -0.329. The molecule has 0 aliphatic carbocycles. The highest BCUT2D eigenvalue weighted by molar-refractivity contribution is 5.67. The number of ether oxygens (including phenoxy) is 4. The summed E-state index contributed by atoms with van der Waals surface area (Å²) in [6.07, 6.45) is -0.560. The van der Waals surface area contributed by atoms with Crippen LogP contribution in [0.2, 0.25) is 0 Å². The number of benzene rings is 1. The fraction of sp³-hybridized carbons (Fsp3) is 0.444. The van der Waals surface area contributed by atoms with E-state index < -0.39 is 23.5 Å². The molecule has 1 rings (SSSR count). The molecular formula is C18H24O6. The second kappa shape index (κ2) is 7.86. The summed E-state index contributed by atoms with van der Waals surface area (Å²) in [5.41, 5.74) is -0.790. The topological polar surface area (TPSA) is 71.1 Å². The molecule has 1 aromatic carbocycles. The first kappa shape index (κ1) is 19.5. The Bertz CT molecular complexity index is 558. The van der Waals surface area contributed by atoms with Crippen LogP contribution in [0.1, 0.15) is 47.1 Å². The van der Waals surface area contributed by atoms with Crippen LogP contribution in [0.4, 0.5) is 9.59 Å². The summed E-state index contributed by atoms with van der Waals surface area (Å²) < 4.78 is 20.1. The average molecular weight is 336 g/mol. The Balaban J connectivity index is 2.90. The van der Waals surface area contributed by atoms with Gasteiger partial charge in [0.2, 0.25) is 0 Å². The highest BCUT2D eigenvalue weighted by Gasteiger charge is 2.23. The third-order valence-corrected chi connectivity index (χ3v) is 2.23. The van der Waals surface area contributed by atoms with E-state index in [0.717, 1.165) is 0 Å². The van der Waals surface area contributed by atoms with Crippen molar-refractivity contribution < 1.29 is 28.5 Å². The third-order valence-electron chi connectivity index (χ3n) is 2.23. The van der Waals surface area contributed by atoms with Crippen LogP contribution in [0.15, 0.2) is 36.3 Å². The lowest BCUT2D eigenvalue weighted by Gasteiger charge is -2.21. The van der Waals surface area contributed by atoms with Gasteiger partial charge >= 0.3 is 18.3 Å². The van der Waals surface area contributed by atoms with Crippen molar-refractivity contribution in [2.24, 2.45) is 0 Å². The van der Waals surface area contributed by atoms with E-state index in [1.54, 1.807) is 65.8 Å². The smallest absolute Gasteiger partial charge is 0.428 e. The van der Waals surface area contributed by atoms with Crippen LogP contribution in [0.5, 0.6) is 0 Å². The minimum atomic E-state index is -0.978. The van der Waals surface area contributed by atoms with Gasteiger partial charge in [-0.25, -0.2) is 9.59 Å². The van der Waals surface area contributed by atoms with Crippen LogP contribution in [0.25, 0.3) is 6.08 Å². The van der Waals surface area contributed by atoms with Crippen molar-refractivity contribution in [2.75, 3.05) is 0 Å². The van der Waals surface area contributed by atoms with Crippen molar-refractivity contribution in [2.45, 2.75) is 52.7 Å². The summed E-state index contributed by atoms with van der Waals surface area (Å²) in [4.78, 5) is 23.6. The number of rotatable bonds is 3. The Labute approximate surface area is 142 Å². The largest absolute Gasteiger partial charge is 0.516 e. The van der Waals surface area contributed by atoms with Crippen molar-refractivity contribution in [3.05, 3.63) is 41.8 Å². The lowest BCUT2D eigenvalue weighted by molar-refractivity contribution is -0.0352. The molecule has 6 heteroatoms. The van der Waals surface area contributed by atoms with Crippen LogP contribution >= 0.6 is 0 Å².